The maximum atomic E-state index is 4.59. The van der Waals surface area contributed by atoms with Gasteiger partial charge in [0, 0.05) is 11.6 Å². The van der Waals surface area contributed by atoms with E-state index in [0.29, 0.717) is 5.92 Å². The molecule has 0 saturated carbocycles. The molecule has 0 aliphatic rings. The van der Waals surface area contributed by atoms with Crippen molar-refractivity contribution in [3.05, 3.63) is 21.3 Å². The highest BCUT2D eigenvalue weighted by Crippen LogP contribution is 2.23. The normalized spacial score (nSPS) is 12.2. The molecule has 0 spiro atoms. The Morgan fingerprint density at radius 2 is 1.86 bits per heavy atom. The molecular weight excluding hydrogens is 287 g/mol. The smallest absolute Gasteiger partial charge is 0.123 e. The zero-order valence-corrected chi connectivity index (χ0v) is 11.6. The van der Waals surface area contributed by atoms with Gasteiger partial charge in [-0.3, -0.25) is 4.98 Å². The van der Waals surface area contributed by atoms with Gasteiger partial charge in [-0.2, -0.15) is 0 Å². The Morgan fingerprint density at radius 3 is 2.21 bits per heavy atom. The van der Waals surface area contributed by atoms with Crippen LogP contribution in [-0.4, -0.2) is 9.97 Å². The third-order valence-electron chi connectivity index (χ3n) is 2.07. The monoisotopic (exact) mass is 304 g/mol. The molecule has 2 nitrogen and oxygen atoms in total. The van der Waals surface area contributed by atoms with Crippen molar-refractivity contribution in [3.63, 3.8) is 0 Å². The molecule has 0 amide bonds. The summed E-state index contributed by atoms with van der Waals surface area (Å²) in [6.07, 6.45) is 1.90. The van der Waals surface area contributed by atoms with Gasteiger partial charge in [-0.05, 0) is 28.5 Å². The van der Waals surface area contributed by atoms with Crippen LogP contribution in [0.25, 0.3) is 0 Å². The van der Waals surface area contributed by atoms with Crippen molar-refractivity contribution < 1.29 is 0 Å². The molecule has 0 bridgehead atoms. The molecular formula is C11H17IN2. The second-order valence-electron chi connectivity index (χ2n) is 4.84. The molecule has 0 atom stereocenters. The third-order valence-corrected chi connectivity index (χ3v) is 2.87. The van der Waals surface area contributed by atoms with Crippen molar-refractivity contribution >= 4 is 22.6 Å². The number of nitrogens with zero attached hydrogens (tertiary/aromatic N) is 2. The average Bonchev–Trinajstić information content (AvgIpc) is 2.01. The molecule has 0 aromatic carbocycles. The van der Waals surface area contributed by atoms with Crippen molar-refractivity contribution in [3.8, 4) is 0 Å². The molecule has 0 aliphatic heterocycles. The Balaban J connectivity index is 3.13. The summed E-state index contributed by atoms with van der Waals surface area (Å²) in [6.45, 7) is 10.7. The van der Waals surface area contributed by atoms with Crippen LogP contribution in [0.3, 0.4) is 0 Å². The SMILES string of the molecule is CC(C)c1ncc(C(C)(C)C)nc1I. The molecule has 1 rings (SSSR count). The predicted octanol–water partition coefficient (Wildman–Crippen LogP) is 3.50. The van der Waals surface area contributed by atoms with Crippen LogP contribution < -0.4 is 0 Å². The highest BCUT2D eigenvalue weighted by Gasteiger charge is 2.18. The Morgan fingerprint density at radius 1 is 1.29 bits per heavy atom. The number of halogens is 1. The predicted molar refractivity (Wildman–Crippen MR) is 67.5 cm³/mol. The van der Waals surface area contributed by atoms with Crippen molar-refractivity contribution in [2.24, 2.45) is 0 Å². The zero-order chi connectivity index (χ0) is 10.9. The van der Waals surface area contributed by atoms with Crippen LogP contribution in [0.4, 0.5) is 0 Å². The maximum Gasteiger partial charge on any atom is 0.123 e. The third kappa shape index (κ3) is 2.65. The first-order chi connectivity index (χ1) is 6.32. The number of rotatable bonds is 1. The Bertz CT molecular complexity index is 327. The number of hydrogen-bond acceptors (Lipinski definition) is 2. The lowest BCUT2D eigenvalue weighted by atomic mass is 9.92. The first-order valence-corrected chi connectivity index (χ1v) is 5.93. The first kappa shape index (κ1) is 11.9. The molecule has 1 heterocycles. The number of aromatic nitrogens is 2. The standard InChI is InChI=1S/C11H17IN2/c1-7(2)9-10(12)14-8(6-13-9)11(3,4)5/h6-7H,1-5H3. The van der Waals surface area contributed by atoms with Crippen LogP contribution in [0, 0.1) is 3.70 Å². The molecule has 0 saturated heterocycles. The summed E-state index contributed by atoms with van der Waals surface area (Å²) in [5.74, 6) is 0.448. The Kier molecular flexibility index (Phi) is 3.50. The molecule has 3 heteroatoms. The minimum Gasteiger partial charge on any atom is -0.256 e. The summed E-state index contributed by atoms with van der Waals surface area (Å²) in [5.41, 5.74) is 2.24. The largest absolute Gasteiger partial charge is 0.256 e. The lowest BCUT2D eigenvalue weighted by Crippen LogP contribution is -2.16. The van der Waals surface area contributed by atoms with Gasteiger partial charge >= 0.3 is 0 Å². The van der Waals surface area contributed by atoms with Gasteiger partial charge in [0.2, 0.25) is 0 Å². The summed E-state index contributed by atoms with van der Waals surface area (Å²) < 4.78 is 1.03. The van der Waals surface area contributed by atoms with Crippen molar-refractivity contribution in [1.82, 2.24) is 9.97 Å². The second-order valence-corrected chi connectivity index (χ2v) is 5.86. The minimum atomic E-state index is 0.0857. The van der Waals surface area contributed by atoms with Gasteiger partial charge < -0.3 is 0 Å². The van der Waals surface area contributed by atoms with E-state index in [1.165, 1.54) is 0 Å². The van der Waals surface area contributed by atoms with Gasteiger partial charge in [0.1, 0.15) is 3.70 Å². The summed E-state index contributed by atoms with van der Waals surface area (Å²) in [4.78, 5) is 9.06. The molecule has 1 aromatic heterocycles. The fraction of sp³-hybridized carbons (Fsp3) is 0.636. The number of hydrogen-bond donors (Lipinski definition) is 0. The van der Waals surface area contributed by atoms with Gasteiger partial charge in [0.15, 0.2) is 0 Å². The van der Waals surface area contributed by atoms with Gasteiger partial charge in [-0.15, -0.1) is 0 Å². The molecule has 0 N–H and O–H groups in total. The van der Waals surface area contributed by atoms with E-state index < -0.39 is 0 Å². The lowest BCUT2D eigenvalue weighted by Gasteiger charge is -2.18. The van der Waals surface area contributed by atoms with E-state index in [0.717, 1.165) is 15.1 Å². The van der Waals surface area contributed by atoms with Crippen molar-refractivity contribution in [1.29, 1.82) is 0 Å². The molecule has 0 fully saturated rings. The topological polar surface area (TPSA) is 25.8 Å². The molecule has 14 heavy (non-hydrogen) atoms. The van der Waals surface area contributed by atoms with Crippen molar-refractivity contribution in [2.45, 2.75) is 46.0 Å². The fourth-order valence-electron chi connectivity index (χ4n) is 1.12. The van der Waals surface area contributed by atoms with Crippen LogP contribution in [0.2, 0.25) is 0 Å². The van der Waals surface area contributed by atoms with E-state index >= 15 is 0 Å². The average molecular weight is 304 g/mol. The summed E-state index contributed by atoms with van der Waals surface area (Å²) in [6, 6.07) is 0. The van der Waals surface area contributed by atoms with Crippen LogP contribution >= 0.6 is 22.6 Å². The molecule has 1 aromatic rings. The molecule has 0 radical (unpaired) electrons. The fourth-order valence-corrected chi connectivity index (χ4v) is 2.15. The summed E-state index contributed by atoms with van der Waals surface area (Å²) >= 11 is 2.27. The first-order valence-electron chi connectivity index (χ1n) is 4.85. The highest BCUT2D eigenvalue weighted by atomic mass is 127. The summed E-state index contributed by atoms with van der Waals surface area (Å²) in [7, 11) is 0. The van der Waals surface area contributed by atoms with Crippen molar-refractivity contribution in [2.75, 3.05) is 0 Å². The van der Waals surface area contributed by atoms with Gasteiger partial charge in [-0.25, -0.2) is 4.98 Å². The van der Waals surface area contributed by atoms with Crippen LogP contribution in [-0.2, 0) is 5.41 Å². The quantitative estimate of drug-likeness (QED) is 0.742. The maximum absolute atomic E-state index is 4.59. The minimum absolute atomic E-state index is 0.0857. The highest BCUT2D eigenvalue weighted by molar-refractivity contribution is 14.1. The lowest BCUT2D eigenvalue weighted by molar-refractivity contribution is 0.560. The van der Waals surface area contributed by atoms with E-state index in [1.54, 1.807) is 0 Å². The molecule has 0 unspecified atom stereocenters. The van der Waals surface area contributed by atoms with E-state index in [9.17, 15) is 0 Å². The van der Waals surface area contributed by atoms with Gasteiger partial charge in [-0.1, -0.05) is 34.6 Å². The van der Waals surface area contributed by atoms with Crippen LogP contribution in [0.15, 0.2) is 6.20 Å². The van der Waals surface area contributed by atoms with Gasteiger partial charge in [0.25, 0.3) is 0 Å². The zero-order valence-electron chi connectivity index (χ0n) is 9.43. The Labute approximate surface area is 99.7 Å². The van der Waals surface area contributed by atoms with E-state index in [4.69, 9.17) is 0 Å². The Hall–Kier alpha value is -0.190. The van der Waals surface area contributed by atoms with E-state index in [1.807, 2.05) is 6.20 Å². The van der Waals surface area contributed by atoms with Crippen LogP contribution in [0.1, 0.15) is 51.9 Å². The second kappa shape index (κ2) is 4.13. The van der Waals surface area contributed by atoms with E-state index in [2.05, 4.69) is 67.2 Å². The van der Waals surface area contributed by atoms with Crippen LogP contribution in [0.5, 0.6) is 0 Å². The van der Waals surface area contributed by atoms with E-state index in [-0.39, 0.29) is 5.41 Å². The summed E-state index contributed by atoms with van der Waals surface area (Å²) in [5, 5.41) is 0. The molecule has 0 aliphatic carbocycles. The molecule has 78 valence electrons. The van der Waals surface area contributed by atoms with Gasteiger partial charge in [0.05, 0.1) is 11.4 Å².